The van der Waals surface area contributed by atoms with Crippen molar-refractivity contribution in [2.75, 3.05) is 45.8 Å². The number of unbranched alkanes of at least 4 members (excludes halogenated alkanes) is 1. The highest BCUT2D eigenvalue weighted by atomic mass is 16.3. The smallest absolute Gasteiger partial charge is 0.245 e. The lowest BCUT2D eigenvalue weighted by Gasteiger charge is -2.32. The molecule has 570 valence electrons. The minimum atomic E-state index is -1.82. The van der Waals surface area contributed by atoms with Crippen molar-refractivity contribution < 1.29 is 62.6 Å². The summed E-state index contributed by atoms with van der Waals surface area (Å²) in [7, 11) is 0. The molecule has 3 aromatic carbocycles. The Morgan fingerprint density at radius 3 is 1.52 bits per heavy atom. The van der Waals surface area contributed by atoms with Gasteiger partial charge in [0.25, 0.3) is 0 Å². The second-order valence-corrected chi connectivity index (χ2v) is 25.2. The van der Waals surface area contributed by atoms with Crippen LogP contribution < -0.4 is 105 Å². The number of amides is 12. The zero-order valence-corrected chi connectivity index (χ0v) is 59.0. The van der Waals surface area contributed by atoms with Crippen molar-refractivity contribution in [3.8, 4) is 5.75 Å². The number of benzene rings is 3. The molecule has 29 N–H and O–H groups in total. The highest BCUT2D eigenvalue weighted by Crippen LogP contribution is 2.22. The Kier molecular flexibility index (Phi) is 37.4. The molecule has 0 saturated carbocycles. The van der Waals surface area contributed by atoms with E-state index in [4.69, 9.17) is 51.6 Å². The molecule has 4 rings (SSSR count). The zero-order chi connectivity index (χ0) is 76.7. The zero-order valence-electron chi connectivity index (χ0n) is 59.0. The molecule has 0 unspecified atom stereocenters. The topological polar surface area (TPSA) is 620 Å². The van der Waals surface area contributed by atoms with Gasteiger partial charge in [0.1, 0.15) is 54.1 Å². The standard InChI is InChI=1S/C68H105N23O13/c1-3-40(2)56(64(103)88-48(23-14-32-80-68(76)77)65(104)91-33-15-24-52(91)63(102)85-45(57(71)96)20-10-11-29-69)90-60(99)47(22-13-31-79-67(74)75)86-59(98)46(21-12-30-78-66(72)73)87-62(101)51(36-53(70)93)89-61(100)50(35-41-16-6-4-7-17-41)84-55(95)39-82-54(94)38-83-58(97)49(34-42-25-27-44(92)28-26-42)81-37-43-18-8-5-9-19-43/h4-9,16-19,25-28,40,45-52,56,81,92H,3,10-15,20-24,29-39,69H2,1-2H3,(H2,70,93)(H2,71,96)(H,82,94)(H,83,97)(H,84,95)(H,85,102)(H,86,98)(H,87,101)(H,88,103)(H,89,100)(H,90,99)(H4,72,73,78)(H4,74,75,79)(H4,76,77,80)/t40-,45-,46-,47-,48-,49-,50-,51+,52-,56-/m0/s1. The number of nitrogens with two attached hydrogens (primary N) is 9. The number of carbonyl (C=O) groups is 12. The number of phenols is 1. The van der Waals surface area contributed by atoms with Crippen LogP contribution in [0, 0.1) is 5.92 Å². The SMILES string of the molecule is CC[C@H](C)[C@H](NC(=O)[C@H](CCCN=C(N)N)NC(=O)[C@H](CCCN=C(N)N)NC(=O)[C@@H](CC(N)=O)NC(=O)[C@H](Cc1ccccc1)NC(=O)CNC(=O)CNC(=O)[C@H](Cc1ccc(O)cc1)NCc1ccccc1)C(=O)N[C@@H](CCCN=C(N)N)C(=O)N1CCC[C@H]1C(=O)N[C@@H](CCCCN)C(N)=O. The number of hydrogen-bond donors (Lipinski definition) is 20. The Labute approximate surface area is 604 Å². The number of phenolic OH excluding ortho intramolecular Hbond substituents is 1. The normalized spacial score (nSPS) is 15.0. The highest BCUT2D eigenvalue weighted by molar-refractivity contribution is 6.00. The maximum atomic E-state index is 14.8. The van der Waals surface area contributed by atoms with E-state index in [1.165, 1.54) is 17.0 Å². The summed E-state index contributed by atoms with van der Waals surface area (Å²) in [6, 6.07) is 11.9. The van der Waals surface area contributed by atoms with E-state index in [1.54, 1.807) is 56.3 Å². The van der Waals surface area contributed by atoms with Gasteiger partial charge in [-0.15, -0.1) is 0 Å². The number of guanidine groups is 3. The lowest BCUT2D eigenvalue weighted by atomic mass is 9.96. The molecule has 3 aromatic rings. The van der Waals surface area contributed by atoms with Crippen molar-refractivity contribution in [2.24, 2.45) is 72.5 Å². The van der Waals surface area contributed by atoms with E-state index in [0.717, 1.165) is 11.1 Å². The number of aromatic hydroxyl groups is 1. The summed E-state index contributed by atoms with van der Waals surface area (Å²) in [5, 5.41) is 36.4. The number of hydrogen-bond acceptors (Lipinski definition) is 18. The number of primary amides is 2. The predicted octanol–water partition coefficient (Wildman–Crippen LogP) is -5.35. The first kappa shape index (κ1) is 85.2. The molecule has 1 saturated heterocycles. The molecule has 0 aromatic heterocycles. The molecular weight excluding hydrogens is 1350 g/mol. The van der Waals surface area contributed by atoms with Gasteiger partial charge in [-0.1, -0.05) is 93.1 Å². The Hall–Kier alpha value is -11.2. The molecule has 0 spiro atoms. The van der Waals surface area contributed by atoms with Crippen molar-refractivity contribution in [1.82, 2.24) is 58.1 Å². The Balaban J connectivity index is 1.57. The molecular formula is C68H105N23O13. The summed E-state index contributed by atoms with van der Waals surface area (Å²) in [5.74, 6) is -11.6. The maximum absolute atomic E-state index is 14.8. The third-order valence-corrected chi connectivity index (χ3v) is 16.9. The Morgan fingerprint density at radius 2 is 0.981 bits per heavy atom. The second-order valence-electron chi connectivity index (χ2n) is 25.2. The van der Waals surface area contributed by atoms with Crippen LogP contribution in [0.4, 0.5) is 0 Å². The molecule has 104 heavy (non-hydrogen) atoms. The van der Waals surface area contributed by atoms with E-state index in [1.807, 2.05) is 30.3 Å². The van der Waals surface area contributed by atoms with Crippen molar-refractivity contribution in [3.63, 3.8) is 0 Å². The first-order chi connectivity index (χ1) is 49.6. The first-order valence-corrected chi connectivity index (χ1v) is 34.6. The number of nitrogens with zero attached hydrogens (tertiary/aromatic N) is 4. The van der Waals surface area contributed by atoms with Gasteiger partial charge in [0, 0.05) is 39.1 Å². The van der Waals surface area contributed by atoms with Crippen molar-refractivity contribution in [2.45, 2.75) is 171 Å². The third-order valence-electron chi connectivity index (χ3n) is 16.9. The first-order valence-electron chi connectivity index (χ1n) is 34.6. The van der Waals surface area contributed by atoms with Gasteiger partial charge in [0.15, 0.2) is 17.9 Å². The minimum absolute atomic E-state index is 0.0140. The van der Waals surface area contributed by atoms with Crippen LogP contribution >= 0.6 is 0 Å². The van der Waals surface area contributed by atoms with Crippen LogP contribution in [0.5, 0.6) is 5.75 Å². The van der Waals surface area contributed by atoms with Crippen molar-refractivity contribution >= 4 is 88.8 Å². The number of carbonyl (C=O) groups excluding carboxylic acids is 12. The summed E-state index contributed by atoms with van der Waals surface area (Å²) in [6.45, 7) is 2.87. The Bertz CT molecular complexity index is 3410. The summed E-state index contributed by atoms with van der Waals surface area (Å²) < 4.78 is 0. The van der Waals surface area contributed by atoms with Crippen LogP contribution in [-0.2, 0) is 76.9 Å². The van der Waals surface area contributed by atoms with Crippen LogP contribution in [0.2, 0.25) is 0 Å². The van der Waals surface area contributed by atoms with E-state index in [0.29, 0.717) is 37.9 Å². The second kappa shape index (κ2) is 45.6. The van der Waals surface area contributed by atoms with Crippen LogP contribution in [0.15, 0.2) is 99.9 Å². The van der Waals surface area contributed by atoms with Crippen LogP contribution in [-0.4, -0.2) is 199 Å². The van der Waals surface area contributed by atoms with E-state index in [9.17, 15) is 62.6 Å². The van der Waals surface area contributed by atoms with E-state index >= 15 is 0 Å². The molecule has 10 atom stereocenters. The summed E-state index contributed by atoms with van der Waals surface area (Å²) >= 11 is 0. The quantitative estimate of drug-likeness (QED) is 0.0143. The van der Waals surface area contributed by atoms with Gasteiger partial charge in [-0.2, -0.15) is 0 Å². The fourth-order valence-corrected chi connectivity index (χ4v) is 11.1. The maximum Gasteiger partial charge on any atom is 0.245 e. The number of aliphatic imine (C=N–C) groups is 3. The fraction of sp³-hybridized carbons (Fsp3) is 0.515. The van der Waals surface area contributed by atoms with Gasteiger partial charge in [0.2, 0.25) is 70.9 Å². The van der Waals surface area contributed by atoms with Gasteiger partial charge in [-0.3, -0.25) is 72.5 Å². The van der Waals surface area contributed by atoms with Crippen LogP contribution in [0.3, 0.4) is 0 Å². The lowest BCUT2D eigenvalue weighted by molar-refractivity contribution is -0.142. The lowest BCUT2D eigenvalue weighted by Crippen LogP contribution is -2.61. The molecule has 0 aliphatic carbocycles. The summed E-state index contributed by atoms with van der Waals surface area (Å²) in [5.41, 5.74) is 52.6. The van der Waals surface area contributed by atoms with Crippen molar-refractivity contribution in [3.05, 3.63) is 102 Å². The van der Waals surface area contributed by atoms with Crippen LogP contribution in [0.25, 0.3) is 0 Å². The summed E-state index contributed by atoms with van der Waals surface area (Å²) in [6.07, 6.45) is 1.13. The molecule has 1 aliphatic rings. The van der Waals surface area contributed by atoms with E-state index in [-0.39, 0.29) is 120 Å². The predicted molar refractivity (Wildman–Crippen MR) is 388 cm³/mol. The average Bonchev–Trinajstić information content (AvgIpc) is 1.63. The number of rotatable bonds is 47. The largest absolute Gasteiger partial charge is 0.508 e. The third kappa shape index (κ3) is 31.8. The highest BCUT2D eigenvalue weighted by Gasteiger charge is 2.41. The van der Waals surface area contributed by atoms with Crippen molar-refractivity contribution in [1.29, 1.82) is 0 Å². The van der Waals surface area contributed by atoms with Crippen LogP contribution in [0.1, 0.15) is 114 Å². The van der Waals surface area contributed by atoms with Gasteiger partial charge in [-0.25, -0.2) is 0 Å². The summed E-state index contributed by atoms with van der Waals surface area (Å²) in [4.78, 5) is 180. The number of likely N-dealkylation sites (tertiary alicyclic amines) is 1. The molecule has 1 fully saturated rings. The average molecular weight is 1450 g/mol. The minimum Gasteiger partial charge on any atom is -0.508 e. The molecule has 36 heteroatoms. The molecule has 1 heterocycles. The van der Waals surface area contributed by atoms with Gasteiger partial charge >= 0.3 is 0 Å². The number of nitrogens with one attached hydrogen (secondary N) is 10. The molecule has 36 nitrogen and oxygen atoms in total. The van der Waals surface area contributed by atoms with E-state index in [2.05, 4.69) is 68.1 Å². The van der Waals surface area contributed by atoms with Gasteiger partial charge in [-0.05, 0) is 118 Å². The molecule has 0 bridgehead atoms. The monoisotopic (exact) mass is 1450 g/mol. The van der Waals surface area contributed by atoms with Gasteiger partial charge in [0.05, 0.1) is 25.6 Å². The molecule has 0 radical (unpaired) electrons. The molecule has 1 aliphatic heterocycles. The van der Waals surface area contributed by atoms with E-state index < -0.39 is 151 Å². The fourth-order valence-electron chi connectivity index (χ4n) is 11.1. The van der Waals surface area contributed by atoms with Gasteiger partial charge < -0.3 is 115 Å². The Morgan fingerprint density at radius 1 is 0.500 bits per heavy atom. The molecule has 12 amide bonds.